The monoisotopic (exact) mass is 679 g/mol. The van der Waals surface area contributed by atoms with E-state index in [-0.39, 0.29) is 12.3 Å². The van der Waals surface area contributed by atoms with Crippen LogP contribution in [0.25, 0.3) is 65.1 Å². The van der Waals surface area contributed by atoms with Crippen molar-refractivity contribution in [2.24, 2.45) is 4.99 Å². The molecule has 51 heavy (non-hydrogen) atoms. The Morgan fingerprint density at radius 1 is 0.608 bits per heavy atom. The lowest BCUT2D eigenvalue weighted by atomic mass is 9.95. The second-order valence-corrected chi connectivity index (χ2v) is 14.9. The van der Waals surface area contributed by atoms with Gasteiger partial charge in [-0.15, -0.1) is 11.3 Å². The average Bonchev–Trinajstić information content (AvgIpc) is 3.88. The zero-order valence-electron chi connectivity index (χ0n) is 27.8. The summed E-state index contributed by atoms with van der Waals surface area (Å²) in [7, 11) is 0. The van der Waals surface area contributed by atoms with E-state index in [9.17, 15) is 0 Å². The summed E-state index contributed by atoms with van der Waals surface area (Å²) in [6.07, 6.45) is 4.43. The van der Waals surface area contributed by atoms with Crippen LogP contribution in [-0.4, -0.2) is 5.84 Å². The van der Waals surface area contributed by atoms with Gasteiger partial charge in [-0.25, -0.2) is 4.99 Å². The third-order valence-corrected chi connectivity index (χ3v) is 12.1. The quantitative estimate of drug-likeness (QED) is 0.194. The highest BCUT2D eigenvalue weighted by Gasteiger charge is 2.29. The zero-order valence-corrected chi connectivity index (χ0v) is 28.6. The summed E-state index contributed by atoms with van der Waals surface area (Å²) in [6, 6.07) is 44.9. The topological polar surface area (TPSA) is 62.7 Å². The molecular formula is C45H33N3O2S. The molecule has 1 aliphatic heterocycles. The smallest absolute Gasteiger partial charge is 0.142 e. The molecule has 246 valence electrons. The van der Waals surface area contributed by atoms with Crippen molar-refractivity contribution in [1.29, 1.82) is 0 Å². The summed E-state index contributed by atoms with van der Waals surface area (Å²) in [5.74, 6) is 0.910. The molecule has 2 atom stereocenters. The fourth-order valence-electron chi connectivity index (χ4n) is 8.26. The summed E-state index contributed by atoms with van der Waals surface area (Å²) in [5, 5.41) is 13.5. The summed E-state index contributed by atoms with van der Waals surface area (Å²) in [4.78, 5) is 6.86. The highest BCUT2D eigenvalue weighted by molar-refractivity contribution is 7.19. The van der Waals surface area contributed by atoms with Crippen LogP contribution in [0.2, 0.25) is 0 Å². The Morgan fingerprint density at radius 3 is 2.20 bits per heavy atom. The second-order valence-electron chi connectivity index (χ2n) is 13.8. The third-order valence-electron chi connectivity index (χ3n) is 10.8. The van der Waals surface area contributed by atoms with Gasteiger partial charge in [0.15, 0.2) is 0 Å². The van der Waals surface area contributed by atoms with E-state index < -0.39 is 0 Å². The van der Waals surface area contributed by atoms with Crippen molar-refractivity contribution in [3.63, 3.8) is 0 Å². The van der Waals surface area contributed by atoms with Crippen molar-refractivity contribution in [2.75, 3.05) is 0 Å². The van der Waals surface area contributed by atoms with Gasteiger partial charge in [0, 0.05) is 42.2 Å². The molecule has 2 aliphatic rings. The van der Waals surface area contributed by atoms with E-state index in [2.05, 4.69) is 126 Å². The summed E-state index contributed by atoms with van der Waals surface area (Å²) >= 11 is 1.95. The van der Waals surface area contributed by atoms with Crippen molar-refractivity contribution in [1.82, 2.24) is 10.6 Å². The Morgan fingerprint density at radius 2 is 1.31 bits per heavy atom. The predicted molar refractivity (Wildman–Crippen MR) is 210 cm³/mol. The first kappa shape index (κ1) is 29.1. The fraction of sp³-hybridized carbons (Fsp3) is 0.133. The van der Waals surface area contributed by atoms with Gasteiger partial charge < -0.3 is 14.2 Å². The Hall–Kier alpha value is -5.69. The van der Waals surface area contributed by atoms with Gasteiger partial charge in [0.05, 0.1) is 0 Å². The number of hydrogen-bond acceptors (Lipinski definition) is 6. The number of furan rings is 2. The van der Waals surface area contributed by atoms with Gasteiger partial charge in [-0.05, 0) is 89.7 Å². The first-order valence-corrected chi connectivity index (χ1v) is 18.6. The van der Waals surface area contributed by atoms with Crippen molar-refractivity contribution in [2.45, 2.75) is 38.0 Å². The number of hydrogen-bond donors (Lipinski definition) is 2. The van der Waals surface area contributed by atoms with Gasteiger partial charge in [-0.2, -0.15) is 0 Å². The molecule has 4 heterocycles. The maximum atomic E-state index is 6.80. The molecule has 0 amide bonds. The van der Waals surface area contributed by atoms with Crippen molar-refractivity contribution < 1.29 is 8.83 Å². The lowest BCUT2D eigenvalue weighted by Gasteiger charge is -2.32. The number of amidine groups is 1. The maximum Gasteiger partial charge on any atom is 0.142 e. The van der Waals surface area contributed by atoms with Crippen LogP contribution >= 0.6 is 11.3 Å². The SMILES string of the molecule is c1ccc(C2N=C(c3cccc4c5c(sc34)CCCC5)NC(c3cccc4c3oc3cc(-c5ccc6c(c5)oc5ccccc56)ccc34)N2)cc1. The average molecular weight is 680 g/mol. The lowest BCUT2D eigenvalue weighted by Crippen LogP contribution is -2.45. The maximum absolute atomic E-state index is 6.80. The Labute approximate surface area is 298 Å². The largest absolute Gasteiger partial charge is 0.456 e. The second kappa shape index (κ2) is 11.4. The minimum atomic E-state index is -0.230. The molecule has 5 nitrogen and oxygen atoms in total. The standard InChI is InChI=1S/C45H33N3O2S/c1-2-10-26(11-3-1)43-46-44(48-45(47-43)36-17-9-15-34-32-13-5-7-19-40(32)51-42(34)36)35-16-8-14-33-31-23-21-28(25-39(31)50-41(33)35)27-20-22-30-29-12-4-6-18-37(29)49-38(30)24-27/h1-4,6,8-12,14-18,20-25,43-44,46H,5,7,13,19H2,(H,47,48). The first-order valence-electron chi connectivity index (χ1n) is 17.8. The summed E-state index contributed by atoms with van der Waals surface area (Å²) in [6.45, 7) is 0. The van der Waals surface area contributed by atoms with Crippen LogP contribution in [0.1, 0.15) is 52.3 Å². The van der Waals surface area contributed by atoms with Crippen LogP contribution in [0, 0.1) is 0 Å². The fourth-order valence-corrected chi connectivity index (χ4v) is 9.67. The molecule has 9 aromatic rings. The third kappa shape index (κ3) is 4.67. The van der Waals surface area contributed by atoms with E-state index in [0.717, 1.165) is 72.0 Å². The number of aryl methyl sites for hydroxylation is 2. The van der Waals surface area contributed by atoms with Crippen LogP contribution in [0.4, 0.5) is 0 Å². The van der Waals surface area contributed by atoms with Crippen LogP contribution in [0.5, 0.6) is 0 Å². The highest BCUT2D eigenvalue weighted by atomic mass is 32.1. The summed E-state index contributed by atoms with van der Waals surface area (Å²) < 4.78 is 14.3. The molecule has 0 radical (unpaired) electrons. The number of nitrogens with one attached hydrogen (secondary N) is 2. The van der Waals surface area contributed by atoms with Crippen LogP contribution in [0.3, 0.4) is 0 Å². The minimum absolute atomic E-state index is 0.225. The molecule has 6 aromatic carbocycles. The van der Waals surface area contributed by atoms with Gasteiger partial charge in [-0.1, -0.05) is 91.0 Å². The highest BCUT2D eigenvalue weighted by Crippen LogP contribution is 2.41. The molecule has 2 unspecified atom stereocenters. The van der Waals surface area contributed by atoms with Crippen LogP contribution < -0.4 is 10.6 Å². The van der Waals surface area contributed by atoms with Crippen LogP contribution in [-0.2, 0) is 12.8 Å². The molecule has 0 spiro atoms. The molecule has 0 fully saturated rings. The Bertz CT molecular complexity index is 2840. The van der Waals surface area contributed by atoms with Crippen LogP contribution in [0.15, 0.2) is 141 Å². The van der Waals surface area contributed by atoms with Gasteiger partial charge >= 0.3 is 0 Å². The Balaban J connectivity index is 1.01. The molecule has 0 saturated heterocycles. The number of nitrogens with zero attached hydrogens (tertiary/aromatic N) is 1. The van der Waals surface area contributed by atoms with Gasteiger partial charge in [0.25, 0.3) is 0 Å². The molecule has 0 bridgehead atoms. The number of benzene rings is 6. The van der Waals surface area contributed by atoms with E-state index in [1.54, 1.807) is 4.88 Å². The van der Waals surface area contributed by atoms with Gasteiger partial charge in [-0.3, -0.25) is 5.32 Å². The normalized spacial score (nSPS) is 17.7. The molecule has 0 saturated carbocycles. The molecular weight excluding hydrogens is 647 g/mol. The molecule has 3 aromatic heterocycles. The number of para-hydroxylation sites is 2. The zero-order chi connectivity index (χ0) is 33.5. The van der Waals surface area contributed by atoms with Crippen molar-refractivity contribution in [3.8, 4) is 11.1 Å². The summed E-state index contributed by atoms with van der Waals surface area (Å²) in [5.41, 5.74) is 10.6. The first-order chi connectivity index (χ1) is 25.2. The Kier molecular flexibility index (Phi) is 6.51. The lowest BCUT2D eigenvalue weighted by molar-refractivity contribution is 0.408. The molecule has 11 rings (SSSR count). The minimum Gasteiger partial charge on any atom is -0.456 e. The molecule has 1 aliphatic carbocycles. The van der Waals surface area contributed by atoms with Crippen molar-refractivity contribution in [3.05, 3.63) is 155 Å². The van der Waals surface area contributed by atoms with E-state index >= 15 is 0 Å². The number of aliphatic imine (C=N–C) groups is 1. The van der Waals surface area contributed by atoms with E-state index in [4.69, 9.17) is 13.8 Å². The number of thiophene rings is 1. The molecule has 2 N–H and O–H groups in total. The number of rotatable bonds is 4. The van der Waals surface area contributed by atoms with E-state index in [1.165, 1.54) is 46.9 Å². The molecule has 6 heteroatoms. The van der Waals surface area contributed by atoms with E-state index in [1.807, 2.05) is 23.5 Å². The van der Waals surface area contributed by atoms with Gasteiger partial charge in [0.1, 0.15) is 40.5 Å². The van der Waals surface area contributed by atoms with E-state index in [0.29, 0.717) is 0 Å². The van der Waals surface area contributed by atoms with Crippen molar-refractivity contribution >= 4 is 71.1 Å². The van der Waals surface area contributed by atoms with Gasteiger partial charge in [0.2, 0.25) is 0 Å². The number of fused-ring (bicyclic) bond motifs is 9. The predicted octanol–water partition coefficient (Wildman–Crippen LogP) is 11.6.